The zero-order chi connectivity index (χ0) is 23.0. The van der Waals surface area contributed by atoms with E-state index < -0.39 is 0 Å². The smallest absolute Gasteiger partial charge is 0.231 e. The van der Waals surface area contributed by atoms with Gasteiger partial charge in [-0.15, -0.1) is 0 Å². The molecule has 2 aromatic carbocycles. The van der Waals surface area contributed by atoms with Crippen LogP contribution in [0.2, 0.25) is 0 Å². The molecule has 0 amide bonds. The number of ether oxygens (including phenoxy) is 4. The summed E-state index contributed by atoms with van der Waals surface area (Å²) in [6, 6.07) is 3.97. The van der Waals surface area contributed by atoms with E-state index in [0.717, 1.165) is 57.8 Å². The molecule has 0 radical (unpaired) electrons. The van der Waals surface area contributed by atoms with Crippen molar-refractivity contribution in [3.63, 3.8) is 0 Å². The van der Waals surface area contributed by atoms with Crippen LogP contribution in [-0.4, -0.2) is 45.3 Å². The SMILES string of the molecule is COc1cc(C)c(C=CC(=O)C[C@H]2c3c(cc4c(c3OC)OCO4)CCN2C)c(C)c1C. The second-order valence-electron chi connectivity index (χ2n) is 8.53. The van der Waals surface area contributed by atoms with Gasteiger partial charge in [0.1, 0.15) is 5.75 Å². The van der Waals surface area contributed by atoms with Gasteiger partial charge >= 0.3 is 0 Å². The fourth-order valence-electron chi connectivity index (χ4n) is 4.75. The Morgan fingerprint density at radius 3 is 2.66 bits per heavy atom. The first kappa shape index (κ1) is 22.2. The number of likely N-dealkylation sites (N-methyl/N-ethyl adjacent to an activating group) is 1. The van der Waals surface area contributed by atoms with Crippen LogP contribution in [0.25, 0.3) is 6.08 Å². The van der Waals surface area contributed by atoms with Crippen molar-refractivity contribution in [2.45, 2.75) is 39.7 Å². The third kappa shape index (κ3) is 3.84. The summed E-state index contributed by atoms with van der Waals surface area (Å²) < 4.78 is 22.4. The summed E-state index contributed by atoms with van der Waals surface area (Å²) in [6.07, 6.45) is 4.87. The quantitative estimate of drug-likeness (QED) is 0.618. The molecule has 0 bridgehead atoms. The highest BCUT2D eigenvalue weighted by Crippen LogP contribution is 2.50. The second kappa shape index (κ2) is 8.87. The van der Waals surface area contributed by atoms with Gasteiger partial charge in [0.2, 0.25) is 12.5 Å². The molecule has 0 saturated carbocycles. The van der Waals surface area contributed by atoms with Crippen LogP contribution in [0.4, 0.5) is 0 Å². The summed E-state index contributed by atoms with van der Waals surface area (Å²) in [5, 5.41) is 0. The van der Waals surface area contributed by atoms with Crippen LogP contribution >= 0.6 is 0 Å². The van der Waals surface area contributed by atoms with E-state index in [1.165, 1.54) is 0 Å². The maximum atomic E-state index is 13.1. The molecule has 0 unspecified atom stereocenters. The predicted molar refractivity (Wildman–Crippen MR) is 124 cm³/mol. The number of aryl methyl sites for hydroxylation is 1. The Hall–Kier alpha value is -2.99. The standard InChI is InChI=1S/C26H31NO5/c1-15-11-22(29-5)17(3)16(2)20(15)8-7-19(28)13-21-24-18(9-10-27(21)4)12-23-25(26(24)30-6)32-14-31-23/h7-8,11-12,21H,9-10,13-14H2,1-6H3/t21-/m0/s1. The first-order chi connectivity index (χ1) is 15.3. The molecule has 2 heterocycles. The molecule has 2 aromatic rings. The zero-order valence-electron chi connectivity index (χ0n) is 19.7. The number of methoxy groups -OCH3 is 2. The maximum Gasteiger partial charge on any atom is 0.231 e. The van der Waals surface area contributed by atoms with Crippen molar-refractivity contribution in [1.29, 1.82) is 0 Å². The number of allylic oxidation sites excluding steroid dienone is 1. The second-order valence-corrected chi connectivity index (χ2v) is 8.53. The zero-order valence-corrected chi connectivity index (χ0v) is 19.7. The van der Waals surface area contributed by atoms with Crippen molar-refractivity contribution in [2.24, 2.45) is 0 Å². The molecular formula is C26H31NO5. The van der Waals surface area contributed by atoms with Crippen LogP contribution in [0, 0.1) is 20.8 Å². The first-order valence-corrected chi connectivity index (χ1v) is 10.9. The molecule has 1 atom stereocenters. The van der Waals surface area contributed by atoms with Crippen molar-refractivity contribution in [3.8, 4) is 23.0 Å². The molecule has 0 N–H and O–H groups in total. The molecule has 6 heteroatoms. The van der Waals surface area contributed by atoms with Crippen LogP contribution < -0.4 is 18.9 Å². The first-order valence-electron chi connectivity index (χ1n) is 10.9. The molecule has 0 aliphatic carbocycles. The van der Waals surface area contributed by atoms with Gasteiger partial charge in [-0.1, -0.05) is 6.08 Å². The molecule has 0 fully saturated rings. The molecule has 0 aromatic heterocycles. The Balaban J connectivity index is 1.62. The van der Waals surface area contributed by atoms with E-state index in [-0.39, 0.29) is 18.6 Å². The molecule has 2 aliphatic heterocycles. The maximum absolute atomic E-state index is 13.1. The van der Waals surface area contributed by atoms with Gasteiger partial charge in [0.15, 0.2) is 17.3 Å². The van der Waals surface area contributed by atoms with Gasteiger partial charge in [0.05, 0.1) is 14.2 Å². The molecule has 2 aliphatic rings. The van der Waals surface area contributed by atoms with Crippen molar-refractivity contribution < 1.29 is 23.7 Å². The molecule has 170 valence electrons. The van der Waals surface area contributed by atoms with E-state index in [1.54, 1.807) is 20.3 Å². The van der Waals surface area contributed by atoms with Crippen molar-refractivity contribution >= 4 is 11.9 Å². The van der Waals surface area contributed by atoms with E-state index in [2.05, 4.69) is 18.9 Å². The minimum Gasteiger partial charge on any atom is -0.496 e. The van der Waals surface area contributed by atoms with Crippen molar-refractivity contribution in [1.82, 2.24) is 4.90 Å². The fourth-order valence-corrected chi connectivity index (χ4v) is 4.75. The van der Waals surface area contributed by atoms with Gasteiger partial charge in [-0.3, -0.25) is 9.69 Å². The van der Waals surface area contributed by atoms with E-state index in [4.69, 9.17) is 18.9 Å². The van der Waals surface area contributed by atoms with Crippen molar-refractivity contribution in [2.75, 3.05) is 34.6 Å². The van der Waals surface area contributed by atoms with Crippen LogP contribution in [0.5, 0.6) is 23.0 Å². The van der Waals surface area contributed by atoms with Gasteiger partial charge < -0.3 is 18.9 Å². The van der Waals surface area contributed by atoms with E-state index >= 15 is 0 Å². The number of carbonyl (C=O) groups excluding carboxylic acids is 1. The number of carbonyl (C=O) groups is 1. The summed E-state index contributed by atoms with van der Waals surface area (Å²) in [7, 11) is 5.37. The van der Waals surface area contributed by atoms with E-state index in [0.29, 0.717) is 17.9 Å². The van der Waals surface area contributed by atoms with Crippen molar-refractivity contribution in [3.05, 3.63) is 51.6 Å². The Kier molecular flexibility index (Phi) is 6.15. The minimum absolute atomic E-state index is 0.0710. The molecule has 4 rings (SSSR count). The van der Waals surface area contributed by atoms with Crippen LogP contribution in [-0.2, 0) is 11.2 Å². The molecule has 32 heavy (non-hydrogen) atoms. The van der Waals surface area contributed by atoms with E-state index in [1.807, 2.05) is 32.1 Å². The summed E-state index contributed by atoms with van der Waals surface area (Å²) in [5.41, 5.74) is 6.55. The average molecular weight is 438 g/mol. The highest BCUT2D eigenvalue weighted by Gasteiger charge is 2.34. The summed E-state index contributed by atoms with van der Waals surface area (Å²) in [6.45, 7) is 7.20. The van der Waals surface area contributed by atoms with Gasteiger partial charge in [0, 0.05) is 24.6 Å². The Morgan fingerprint density at radius 2 is 1.94 bits per heavy atom. The Morgan fingerprint density at radius 1 is 1.16 bits per heavy atom. The summed E-state index contributed by atoms with van der Waals surface area (Å²) >= 11 is 0. The molecule has 0 spiro atoms. The fraction of sp³-hybridized carbons (Fsp3) is 0.423. The lowest BCUT2D eigenvalue weighted by Gasteiger charge is -2.35. The van der Waals surface area contributed by atoms with Gasteiger partial charge in [-0.05, 0) is 80.3 Å². The number of hydrogen-bond donors (Lipinski definition) is 0. The Bertz CT molecular complexity index is 1090. The highest BCUT2D eigenvalue weighted by molar-refractivity contribution is 5.94. The van der Waals surface area contributed by atoms with Gasteiger partial charge in [-0.25, -0.2) is 0 Å². The lowest BCUT2D eigenvalue weighted by atomic mass is 9.88. The van der Waals surface area contributed by atoms with E-state index in [9.17, 15) is 4.79 Å². The summed E-state index contributed by atoms with van der Waals surface area (Å²) in [4.78, 5) is 15.3. The van der Waals surface area contributed by atoms with Crippen LogP contribution in [0.3, 0.4) is 0 Å². The third-order valence-electron chi connectivity index (χ3n) is 6.71. The lowest BCUT2D eigenvalue weighted by molar-refractivity contribution is -0.115. The van der Waals surface area contributed by atoms with Gasteiger partial charge in [-0.2, -0.15) is 0 Å². The number of benzene rings is 2. The number of fused-ring (bicyclic) bond motifs is 2. The number of ketones is 1. The Labute approximate surface area is 189 Å². The third-order valence-corrected chi connectivity index (χ3v) is 6.71. The lowest BCUT2D eigenvalue weighted by Crippen LogP contribution is -2.33. The molecule has 0 saturated heterocycles. The predicted octanol–water partition coefficient (Wildman–Crippen LogP) is 4.56. The van der Waals surface area contributed by atoms with Gasteiger partial charge in [0.25, 0.3) is 0 Å². The largest absolute Gasteiger partial charge is 0.496 e. The molecule has 6 nitrogen and oxygen atoms in total. The van der Waals surface area contributed by atoms with Crippen LogP contribution in [0.1, 0.15) is 45.8 Å². The number of hydrogen-bond acceptors (Lipinski definition) is 6. The molecular weight excluding hydrogens is 406 g/mol. The summed E-state index contributed by atoms with van der Waals surface area (Å²) in [5.74, 6) is 2.97. The number of nitrogens with zero attached hydrogens (tertiary/aromatic N) is 1. The highest BCUT2D eigenvalue weighted by atomic mass is 16.7. The topological polar surface area (TPSA) is 57.2 Å². The minimum atomic E-state index is -0.0832. The average Bonchev–Trinajstić information content (AvgIpc) is 3.25. The van der Waals surface area contributed by atoms with Crippen LogP contribution in [0.15, 0.2) is 18.2 Å². The monoisotopic (exact) mass is 437 g/mol. The normalized spacial score (nSPS) is 17.5. The number of rotatable bonds is 6.